The van der Waals surface area contributed by atoms with Gasteiger partial charge in [0.25, 0.3) is 0 Å². The van der Waals surface area contributed by atoms with E-state index in [4.69, 9.17) is 11.3 Å². The molecular formula is C23H24N2O. The topological polar surface area (TPSA) is 38.9 Å². The van der Waals surface area contributed by atoms with Gasteiger partial charge in [0.2, 0.25) is 5.71 Å². The van der Waals surface area contributed by atoms with Crippen LogP contribution in [0.2, 0.25) is 0 Å². The molecule has 4 rings (SSSR count). The summed E-state index contributed by atoms with van der Waals surface area (Å²) < 4.78 is 46.4. The van der Waals surface area contributed by atoms with Crippen molar-refractivity contribution in [2.75, 3.05) is 0 Å². The number of hydrogen-bond acceptors (Lipinski definition) is 3. The summed E-state index contributed by atoms with van der Waals surface area (Å²) in [5, 5.41) is 1.62. The van der Waals surface area contributed by atoms with E-state index in [-0.39, 0.29) is 0 Å². The molecule has 132 valence electrons. The van der Waals surface area contributed by atoms with E-state index in [9.17, 15) is 0 Å². The number of nitrogens with zero attached hydrogens (tertiary/aromatic N) is 2. The molecule has 0 spiro atoms. The molecule has 0 N–H and O–H groups in total. The molecule has 3 heteroatoms. The number of aromatic nitrogens is 2. The number of aryl methyl sites for hydroxylation is 1. The van der Waals surface area contributed by atoms with E-state index in [0.29, 0.717) is 28.1 Å². The van der Waals surface area contributed by atoms with Gasteiger partial charge in [-0.1, -0.05) is 33.7 Å². The van der Waals surface area contributed by atoms with Crippen LogP contribution < -0.4 is 0 Å². The van der Waals surface area contributed by atoms with Crippen LogP contribution in [0.4, 0.5) is 0 Å². The molecule has 3 nitrogen and oxygen atoms in total. The predicted molar refractivity (Wildman–Crippen MR) is 108 cm³/mol. The number of rotatable bonds is 3. The average Bonchev–Trinajstić information content (AvgIpc) is 3.03. The zero-order chi connectivity index (χ0) is 22.8. The Kier molecular flexibility index (Phi) is 2.84. The Labute approximate surface area is 161 Å². The monoisotopic (exact) mass is 349 g/mol. The molecule has 1 unspecified atom stereocenters. The average molecular weight is 349 g/mol. The Hall–Kier alpha value is -2.68. The van der Waals surface area contributed by atoms with Crippen LogP contribution in [-0.4, -0.2) is 9.97 Å². The fraction of sp³-hybridized carbons (Fsp3) is 0.304. The van der Waals surface area contributed by atoms with Crippen LogP contribution in [-0.2, 0) is 0 Å². The maximum Gasteiger partial charge on any atom is 0.227 e. The molecule has 0 fully saturated rings. The van der Waals surface area contributed by atoms with Crippen molar-refractivity contribution in [3.05, 3.63) is 59.4 Å². The quantitative estimate of drug-likeness (QED) is 0.418. The molecule has 3 heterocycles. The smallest absolute Gasteiger partial charge is 0.227 e. The van der Waals surface area contributed by atoms with Crippen LogP contribution >= 0.6 is 0 Å². The fourth-order valence-corrected chi connectivity index (χ4v) is 3.28. The van der Waals surface area contributed by atoms with Gasteiger partial charge in [0.1, 0.15) is 5.58 Å². The van der Waals surface area contributed by atoms with Crippen LogP contribution in [0.5, 0.6) is 0 Å². The highest BCUT2D eigenvalue weighted by atomic mass is 16.3. The summed E-state index contributed by atoms with van der Waals surface area (Å²) in [5.74, 6) is -2.64. The van der Waals surface area contributed by atoms with Crippen molar-refractivity contribution in [3.8, 4) is 11.3 Å². The normalized spacial score (nSPS) is 17.9. The second-order valence-corrected chi connectivity index (χ2v) is 6.83. The molecule has 1 aromatic carbocycles. The molecule has 0 amide bonds. The standard InChI is InChI=1S/C23H24N2O/c1-13(2)16-10-11-24-20(12-16)18-9-8-17(14(3)4)21-19-7-6-15(5)25-23(19)26-22(18)21/h6-14H,1-5H3/i1D3,13D,14D. The summed E-state index contributed by atoms with van der Waals surface area (Å²) in [6.45, 7) is 4.43. The van der Waals surface area contributed by atoms with E-state index in [1.165, 1.54) is 13.1 Å². The molecular weight excluding hydrogens is 320 g/mol. The minimum absolute atomic E-state index is 0.348. The van der Waals surface area contributed by atoms with Crippen molar-refractivity contribution >= 4 is 22.1 Å². The molecule has 0 aliphatic rings. The van der Waals surface area contributed by atoms with E-state index in [1.54, 1.807) is 12.1 Å². The third-order valence-corrected chi connectivity index (χ3v) is 4.63. The van der Waals surface area contributed by atoms with Gasteiger partial charge in [-0.3, -0.25) is 4.98 Å². The van der Waals surface area contributed by atoms with Crippen LogP contribution in [0.25, 0.3) is 33.3 Å². The van der Waals surface area contributed by atoms with E-state index < -0.39 is 18.6 Å². The maximum absolute atomic E-state index is 8.61. The zero-order valence-corrected chi connectivity index (χ0v) is 15.3. The van der Waals surface area contributed by atoms with Crippen LogP contribution in [0, 0.1) is 6.92 Å². The van der Waals surface area contributed by atoms with Gasteiger partial charge in [0, 0.05) is 35.1 Å². The Morgan fingerprint density at radius 3 is 2.69 bits per heavy atom. The third kappa shape index (κ3) is 2.68. The Balaban J connectivity index is 2.03. The third-order valence-electron chi connectivity index (χ3n) is 4.63. The summed E-state index contributed by atoms with van der Waals surface area (Å²) in [4.78, 5) is 8.95. The maximum atomic E-state index is 8.61. The lowest BCUT2D eigenvalue weighted by Gasteiger charge is -2.11. The van der Waals surface area contributed by atoms with Crippen LogP contribution in [0.15, 0.2) is 47.0 Å². The minimum Gasteiger partial charge on any atom is -0.437 e. The second-order valence-electron chi connectivity index (χ2n) is 6.83. The van der Waals surface area contributed by atoms with Crippen molar-refractivity contribution < 1.29 is 11.3 Å². The number of fused-ring (bicyclic) bond motifs is 3. The molecule has 4 aromatic rings. The second kappa shape index (κ2) is 6.24. The van der Waals surface area contributed by atoms with E-state index in [1.807, 2.05) is 45.0 Å². The largest absolute Gasteiger partial charge is 0.437 e. The fourth-order valence-electron chi connectivity index (χ4n) is 3.28. The summed E-state index contributed by atoms with van der Waals surface area (Å²) in [7, 11) is 0. The first kappa shape index (κ1) is 11.8. The molecule has 0 saturated heterocycles. The SMILES string of the molecule is [2H]C(C)(C)c1ccc(-c2cc(C([2H])(C)C([2H])([2H])[2H])ccn2)c2oc3nc(C)ccc3c12. The van der Waals surface area contributed by atoms with Gasteiger partial charge in [-0.15, -0.1) is 0 Å². The predicted octanol–water partition coefficient (Wildman–Crippen LogP) is 6.60. The Bertz CT molecular complexity index is 1300. The molecule has 0 aliphatic carbocycles. The number of benzene rings is 1. The van der Waals surface area contributed by atoms with Crippen molar-refractivity contribution in [1.29, 1.82) is 0 Å². The van der Waals surface area contributed by atoms with Gasteiger partial charge in [-0.05, 0) is 60.2 Å². The highest BCUT2D eigenvalue weighted by molar-refractivity contribution is 6.10. The summed E-state index contributed by atoms with van der Waals surface area (Å²) in [5.41, 5.74) is 4.19. The summed E-state index contributed by atoms with van der Waals surface area (Å²) in [6, 6.07) is 10.8. The number of pyridine rings is 2. The summed E-state index contributed by atoms with van der Waals surface area (Å²) in [6.07, 6.45) is 1.52. The van der Waals surface area contributed by atoms with Gasteiger partial charge in [0.05, 0.1) is 5.69 Å². The van der Waals surface area contributed by atoms with Crippen LogP contribution in [0.3, 0.4) is 0 Å². The molecule has 0 bridgehead atoms. The van der Waals surface area contributed by atoms with Crippen molar-refractivity contribution in [1.82, 2.24) is 9.97 Å². The molecule has 26 heavy (non-hydrogen) atoms. The lowest BCUT2D eigenvalue weighted by atomic mass is 9.94. The Morgan fingerprint density at radius 1 is 1.08 bits per heavy atom. The van der Waals surface area contributed by atoms with E-state index in [0.717, 1.165) is 22.0 Å². The van der Waals surface area contributed by atoms with Gasteiger partial charge >= 0.3 is 0 Å². The summed E-state index contributed by atoms with van der Waals surface area (Å²) >= 11 is 0. The highest BCUT2D eigenvalue weighted by Gasteiger charge is 2.19. The first-order valence-electron chi connectivity index (χ1n) is 11.1. The van der Waals surface area contributed by atoms with Gasteiger partial charge in [0.15, 0.2) is 0 Å². The lowest BCUT2D eigenvalue weighted by Crippen LogP contribution is -1.93. The van der Waals surface area contributed by atoms with Crippen LogP contribution in [0.1, 0.15) is 63.1 Å². The van der Waals surface area contributed by atoms with Crippen molar-refractivity contribution in [2.45, 2.75) is 46.3 Å². The van der Waals surface area contributed by atoms with Crippen molar-refractivity contribution in [3.63, 3.8) is 0 Å². The number of hydrogen-bond donors (Lipinski definition) is 0. The van der Waals surface area contributed by atoms with Gasteiger partial charge < -0.3 is 4.42 Å². The zero-order valence-electron chi connectivity index (χ0n) is 20.3. The molecule has 3 aromatic heterocycles. The molecule has 0 saturated carbocycles. The molecule has 1 atom stereocenters. The first-order chi connectivity index (χ1) is 14.3. The minimum atomic E-state index is -2.49. The van der Waals surface area contributed by atoms with Gasteiger partial charge in [-0.2, -0.15) is 0 Å². The first-order valence-corrected chi connectivity index (χ1v) is 8.61. The number of furan rings is 1. The van der Waals surface area contributed by atoms with Gasteiger partial charge in [-0.25, -0.2) is 4.98 Å². The lowest BCUT2D eigenvalue weighted by molar-refractivity contribution is 0.653. The van der Waals surface area contributed by atoms with E-state index in [2.05, 4.69) is 9.97 Å². The van der Waals surface area contributed by atoms with Crippen molar-refractivity contribution in [2.24, 2.45) is 0 Å². The highest BCUT2D eigenvalue weighted by Crippen LogP contribution is 2.39. The molecule has 0 radical (unpaired) electrons. The Morgan fingerprint density at radius 2 is 1.92 bits per heavy atom. The van der Waals surface area contributed by atoms with E-state index >= 15 is 0 Å². The molecule has 0 aliphatic heterocycles.